The molecule has 0 fully saturated rings. The van der Waals surface area contributed by atoms with Gasteiger partial charge in [0, 0.05) is 18.8 Å². The van der Waals surface area contributed by atoms with E-state index in [1.54, 1.807) is 0 Å². The van der Waals surface area contributed by atoms with E-state index in [9.17, 15) is 4.21 Å². The maximum absolute atomic E-state index is 11.8. The average Bonchev–Trinajstić information content (AvgIpc) is 2.48. The van der Waals surface area contributed by atoms with Crippen molar-refractivity contribution >= 4 is 11.0 Å². The van der Waals surface area contributed by atoms with Crippen molar-refractivity contribution in [3.63, 3.8) is 0 Å². The van der Waals surface area contributed by atoms with Crippen molar-refractivity contribution in [1.82, 2.24) is 4.31 Å². The lowest BCUT2D eigenvalue weighted by Gasteiger charge is -2.19. The molecule has 0 spiro atoms. The highest BCUT2D eigenvalue weighted by atomic mass is 32.2. The third-order valence-corrected chi connectivity index (χ3v) is 4.42. The van der Waals surface area contributed by atoms with Gasteiger partial charge in [-0.05, 0) is 25.5 Å². The smallest absolute Gasteiger partial charge is 0.119 e. The Hall–Kier alpha value is -0.870. The van der Waals surface area contributed by atoms with E-state index in [-0.39, 0.29) is 0 Å². The largest absolute Gasteiger partial charge is 0.492 e. The van der Waals surface area contributed by atoms with E-state index in [0.29, 0.717) is 13.2 Å². The van der Waals surface area contributed by atoms with E-state index >= 15 is 0 Å². The van der Waals surface area contributed by atoms with Gasteiger partial charge in [0.1, 0.15) is 12.4 Å². The molecule has 116 valence electrons. The van der Waals surface area contributed by atoms with Gasteiger partial charge < -0.3 is 4.74 Å². The number of hydrogen-bond donors (Lipinski definition) is 0. The lowest BCUT2D eigenvalue weighted by Crippen LogP contribution is -2.31. The maximum Gasteiger partial charge on any atom is 0.119 e. The van der Waals surface area contributed by atoms with Crippen molar-refractivity contribution in [2.24, 2.45) is 0 Å². The van der Waals surface area contributed by atoms with Gasteiger partial charge in [0.25, 0.3) is 0 Å². The van der Waals surface area contributed by atoms with E-state index in [2.05, 4.69) is 13.8 Å². The number of benzene rings is 1. The minimum atomic E-state index is -0.866. The molecule has 1 aromatic carbocycles. The van der Waals surface area contributed by atoms with Crippen molar-refractivity contribution in [2.45, 2.75) is 41.0 Å². The van der Waals surface area contributed by atoms with Crippen molar-refractivity contribution in [2.75, 3.05) is 25.4 Å². The quantitative estimate of drug-likeness (QED) is 0.731. The highest BCUT2D eigenvalue weighted by Gasteiger charge is 2.09. The van der Waals surface area contributed by atoms with Crippen LogP contribution in [0.1, 0.15) is 39.7 Å². The Bertz CT molecular complexity index is 365. The first-order valence-electron chi connectivity index (χ1n) is 7.50. The van der Waals surface area contributed by atoms with E-state index in [0.717, 1.165) is 24.5 Å². The maximum atomic E-state index is 11.8. The second kappa shape index (κ2) is 11.9. The molecule has 1 aromatic rings. The van der Waals surface area contributed by atoms with Gasteiger partial charge in [-0.15, -0.1) is 0 Å². The molecule has 0 bridgehead atoms. The zero-order valence-electron chi connectivity index (χ0n) is 13.5. The van der Waals surface area contributed by atoms with Crippen LogP contribution in [-0.2, 0) is 11.0 Å². The van der Waals surface area contributed by atoms with Crippen LogP contribution in [0.5, 0.6) is 5.75 Å². The number of likely N-dealkylation sites (N-methyl/N-ethyl adjacent to an activating group) is 1. The molecule has 1 atom stereocenters. The Labute approximate surface area is 126 Å². The molecule has 0 aliphatic carbocycles. The summed E-state index contributed by atoms with van der Waals surface area (Å²) in [6, 6.07) is 7.99. The number of aryl methyl sites for hydroxylation is 1. The van der Waals surface area contributed by atoms with Crippen LogP contribution in [0.15, 0.2) is 24.3 Å². The van der Waals surface area contributed by atoms with E-state index in [1.807, 2.05) is 49.3 Å². The molecule has 0 aliphatic heterocycles. The summed E-state index contributed by atoms with van der Waals surface area (Å²) in [6.07, 6.45) is 0.946. The average molecular weight is 299 g/mol. The van der Waals surface area contributed by atoms with Gasteiger partial charge in [0.05, 0.1) is 11.0 Å². The van der Waals surface area contributed by atoms with Crippen molar-refractivity contribution in [1.29, 1.82) is 0 Å². The summed E-state index contributed by atoms with van der Waals surface area (Å²) < 4.78 is 19.4. The standard InChI is InChI=1S/C14H23NO2S.C2H6/c1-4-12-18(16)15(5-2)10-11-17-14-8-6-13(3)7-9-14;1-2/h6-9H,4-5,10-12H2,1-3H3;1-2H3. The Balaban J connectivity index is 0.00000172. The Morgan fingerprint density at radius 1 is 1.15 bits per heavy atom. The van der Waals surface area contributed by atoms with E-state index < -0.39 is 11.0 Å². The highest BCUT2D eigenvalue weighted by molar-refractivity contribution is 7.82. The van der Waals surface area contributed by atoms with Gasteiger partial charge in [-0.1, -0.05) is 45.4 Å². The Kier molecular flexibility index (Phi) is 11.4. The van der Waals surface area contributed by atoms with Crippen LogP contribution in [0.4, 0.5) is 0 Å². The first-order chi connectivity index (χ1) is 9.67. The van der Waals surface area contributed by atoms with Crippen molar-refractivity contribution in [3.8, 4) is 5.75 Å². The first-order valence-corrected chi connectivity index (χ1v) is 8.77. The molecular weight excluding hydrogens is 270 g/mol. The zero-order valence-corrected chi connectivity index (χ0v) is 14.3. The molecule has 4 heteroatoms. The van der Waals surface area contributed by atoms with Gasteiger partial charge in [-0.3, -0.25) is 0 Å². The zero-order chi connectivity index (χ0) is 15.4. The molecule has 20 heavy (non-hydrogen) atoms. The number of hydrogen-bond acceptors (Lipinski definition) is 2. The first kappa shape index (κ1) is 19.1. The van der Waals surface area contributed by atoms with Crippen LogP contribution >= 0.6 is 0 Å². The lowest BCUT2D eigenvalue weighted by atomic mass is 10.2. The molecule has 0 saturated carbocycles. The second-order valence-electron chi connectivity index (χ2n) is 4.21. The fourth-order valence-electron chi connectivity index (χ4n) is 1.61. The molecule has 1 unspecified atom stereocenters. The molecule has 3 nitrogen and oxygen atoms in total. The number of rotatable bonds is 8. The SMILES string of the molecule is CC.CCCS(=O)N(CC)CCOc1ccc(C)cc1. The summed E-state index contributed by atoms with van der Waals surface area (Å²) in [5.74, 6) is 1.61. The minimum Gasteiger partial charge on any atom is -0.492 e. The van der Waals surface area contributed by atoms with Crippen LogP contribution in [0.2, 0.25) is 0 Å². The van der Waals surface area contributed by atoms with E-state index in [4.69, 9.17) is 4.74 Å². The predicted octanol–water partition coefficient (Wildman–Crippen LogP) is 3.80. The third kappa shape index (κ3) is 7.65. The van der Waals surface area contributed by atoms with Crippen LogP contribution in [0.25, 0.3) is 0 Å². The predicted molar refractivity (Wildman–Crippen MR) is 88.6 cm³/mol. The summed E-state index contributed by atoms with van der Waals surface area (Å²) in [5.41, 5.74) is 1.22. The van der Waals surface area contributed by atoms with Gasteiger partial charge in [-0.2, -0.15) is 0 Å². The number of ether oxygens (including phenoxy) is 1. The molecule has 0 aliphatic rings. The van der Waals surface area contributed by atoms with Crippen LogP contribution in [-0.4, -0.2) is 34.0 Å². The van der Waals surface area contributed by atoms with Gasteiger partial charge in [0.2, 0.25) is 0 Å². The van der Waals surface area contributed by atoms with Crippen LogP contribution < -0.4 is 4.74 Å². The molecule has 0 N–H and O–H groups in total. The highest BCUT2D eigenvalue weighted by Crippen LogP contribution is 2.11. The third-order valence-electron chi connectivity index (χ3n) is 2.65. The molecule has 0 radical (unpaired) electrons. The summed E-state index contributed by atoms with van der Waals surface area (Å²) in [4.78, 5) is 0. The molecule has 0 amide bonds. The van der Waals surface area contributed by atoms with E-state index in [1.165, 1.54) is 5.56 Å². The van der Waals surface area contributed by atoms with Crippen molar-refractivity contribution < 1.29 is 8.95 Å². The van der Waals surface area contributed by atoms with Crippen LogP contribution in [0.3, 0.4) is 0 Å². The Morgan fingerprint density at radius 3 is 2.25 bits per heavy atom. The summed E-state index contributed by atoms with van der Waals surface area (Å²) in [5, 5.41) is 0. The minimum absolute atomic E-state index is 0.576. The summed E-state index contributed by atoms with van der Waals surface area (Å²) in [6.45, 7) is 12.2. The van der Waals surface area contributed by atoms with Crippen LogP contribution in [0, 0.1) is 6.92 Å². The topological polar surface area (TPSA) is 29.5 Å². The molecule has 0 heterocycles. The fourth-order valence-corrected chi connectivity index (χ4v) is 2.78. The molecular formula is C16H29NO2S. The van der Waals surface area contributed by atoms with Gasteiger partial charge in [0.15, 0.2) is 0 Å². The Morgan fingerprint density at radius 2 is 1.75 bits per heavy atom. The molecule has 1 rings (SSSR count). The lowest BCUT2D eigenvalue weighted by molar-refractivity contribution is 0.281. The fraction of sp³-hybridized carbons (Fsp3) is 0.625. The molecule has 0 saturated heterocycles. The van der Waals surface area contributed by atoms with Crippen molar-refractivity contribution in [3.05, 3.63) is 29.8 Å². The normalized spacial score (nSPS) is 11.7. The second-order valence-corrected chi connectivity index (χ2v) is 5.78. The summed E-state index contributed by atoms with van der Waals surface area (Å²) >= 11 is 0. The monoisotopic (exact) mass is 299 g/mol. The molecule has 0 aromatic heterocycles. The number of nitrogens with zero attached hydrogens (tertiary/aromatic N) is 1. The summed E-state index contributed by atoms with van der Waals surface area (Å²) in [7, 11) is -0.866. The van der Waals surface area contributed by atoms with Gasteiger partial charge in [-0.25, -0.2) is 8.51 Å². The van der Waals surface area contributed by atoms with Gasteiger partial charge >= 0.3 is 0 Å².